The molecule has 0 amide bonds. The number of hydrogen-bond donors (Lipinski definition) is 0. The lowest BCUT2D eigenvalue weighted by Gasteiger charge is -2.07. The molecule has 0 atom stereocenters. The molecule has 0 spiro atoms. The third-order valence-electron chi connectivity index (χ3n) is 2.15. The first-order valence-electron chi connectivity index (χ1n) is 4.92. The monoisotopic (exact) mass is 237 g/mol. The van der Waals surface area contributed by atoms with Crippen LogP contribution in [-0.4, -0.2) is 12.9 Å². The van der Waals surface area contributed by atoms with Gasteiger partial charge in [-0.3, -0.25) is 4.79 Å². The van der Waals surface area contributed by atoms with Crippen molar-refractivity contribution >= 4 is 17.4 Å². The van der Waals surface area contributed by atoms with Crippen LogP contribution in [0.3, 0.4) is 0 Å². The topological polar surface area (TPSA) is 50.1 Å². The Morgan fingerprint density at radius 2 is 2.31 bits per heavy atom. The predicted octanol–water partition coefficient (Wildman–Crippen LogP) is 3.23. The first kappa shape index (κ1) is 12.5. The summed E-state index contributed by atoms with van der Waals surface area (Å²) in [6, 6.07) is 6.94. The number of unbranched alkanes of at least 4 members (excludes halogenated alkanes) is 1. The smallest absolute Gasteiger partial charge is 0.166 e. The van der Waals surface area contributed by atoms with Crippen molar-refractivity contribution < 1.29 is 9.53 Å². The number of ketones is 1. The van der Waals surface area contributed by atoms with Gasteiger partial charge in [-0.25, -0.2) is 0 Å². The summed E-state index contributed by atoms with van der Waals surface area (Å²) >= 11 is 5.82. The normalized spacial score (nSPS) is 9.56. The summed E-state index contributed by atoms with van der Waals surface area (Å²) in [7, 11) is 1.51. The lowest BCUT2D eigenvalue weighted by molar-refractivity contribution is 0.0977. The van der Waals surface area contributed by atoms with Crippen LogP contribution in [0.4, 0.5) is 0 Å². The highest BCUT2D eigenvalue weighted by molar-refractivity contribution is 6.31. The second-order valence-electron chi connectivity index (χ2n) is 3.28. The van der Waals surface area contributed by atoms with E-state index >= 15 is 0 Å². The first-order valence-corrected chi connectivity index (χ1v) is 5.30. The van der Waals surface area contributed by atoms with E-state index in [1.165, 1.54) is 7.11 Å². The molecule has 1 rings (SSSR count). The molecular formula is C12H12ClNO2. The molecule has 0 fully saturated rings. The minimum Gasteiger partial charge on any atom is -0.496 e. The highest BCUT2D eigenvalue weighted by Crippen LogP contribution is 2.24. The number of carbonyl (C=O) groups is 1. The van der Waals surface area contributed by atoms with Crippen molar-refractivity contribution in [2.75, 3.05) is 7.11 Å². The van der Waals surface area contributed by atoms with Crippen LogP contribution in [0.2, 0.25) is 5.02 Å². The fourth-order valence-electron chi connectivity index (χ4n) is 1.36. The largest absolute Gasteiger partial charge is 0.496 e. The summed E-state index contributed by atoms with van der Waals surface area (Å²) in [4.78, 5) is 11.8. The van der Waals surface area contributed by atoms with E-state index in [-0.39, 0.29) is 5.78 Å². The summed E-state index contributed by atoms with van der Waals surface area (Å²) in [6.07, 6.45) is 1.28. The van der Waals surface area contributed by atoms with Crippen molar-refractivity contribution in [2.24, 2.45) is 0 Å². The Morgan fingerprint density at radius 3 is 2.94 bits per heavy atom. The molecule has 0 aliphatic heterocycles. The molecule has 84 valence electrons. The van der Waals surface area contributed by atoms with E-state index in [0.717, 1.165) is 0 Å². The van der Waals surface area contributed by atoms with Crippen LogP contribution in [0.1, 0.15) is 29.6 Å². The third kappa shape index (κ3) is 3.25. The van der Waals surface area contributed by atoms with Crippen LogP contribution in [-0.2, 0) is 0 Å². The number of ether oxygens (including phenoxy) is 1. The molecule has 1 aromatic rings. The van der Waals surface area contributed by atoms with Gasteiger partial charge in [0.25, 0.3) is 0 Å². The Bertz CT molecular complexity index is 424. The van der Waals surface area contributed by atoms with Crippen molar-refractivity contribution in [3.05, 3.63) is 28.8 Å². The maximum Gasteiger partial charge on any atom is 0.166 e. The van der Waals surface area contributed by atoms with Crippen molar-refractivity contribution in [1.82, 2.24) is 0 Å². The zero-order valence-corrected chi connectivity index (χ0v) is 9.75. The second-order valence-corrected chi connectivity index (χ2v) is 3.72. The Hall–Kier alpha value is -1.53. The van der Waals surface area contributed by atoms with Crippen LogP contribution in [0.5, 0.6) is 5.75 Å². The molecule has 4 heteroatoms. The van der Waals surface area contributed by atoms with Gasteiger partial charge in [-0.1, -0.05) is 11.6 Å². The molecule has 0 saturated heterocycles. The van der Waals surface area contributed by atoms with Crippen LogP contribution >= 0.6 is 11.6 Å². The molecule has 0 radical (unpaired) electrons. The van der Waals surface area contributed by atoms with Gasteiger partial charge in [-0.05, 0) is 24.6 Å². The van der Waals surface area contributed by atoms with Crippen molar-refractivity contribution in [3.63, 3.8) is 0 Å². The summed E-state index contributed by atoms with van der Waals surface area (Å²) in [5.41, 5.74) is 0.480. The van der Waals surface area contributed by atoms with E-state index in [4.69, 9.17) is 21.6 Å². The quantitative estimate of drug-likeness (QED) is 0.584. The highest BCUT2D eigenvalue weighted by atomic mass is 35.5. The molecule has 3 nitrogen and oxygen atoms in total. The van der Waals surface area contributed by atoms with E-state index < -0.39 is 0 Å². The maximum atomic E-state index is 11.8. The summed E-state index contributed by atoms with van der Waals surface area (Å²) in [5.74, 6) is 0.473. The summed E-state index contributed by atoms with van der Waals surface area (Å²) in [6.45, 7) is 0. The van der Waals surface area contributed by atoms with Crippen LogP contribution in [0.25, 0.3) is 0 Å². The van der Waals surface area contributed by atoms with Gasteiger partial charge in [0.05, 0.1) is 18.7 Å². The number of nitriles is 1. The van der Waals surface area contributed by atoms with Crippen molar-refractivity contribution in [2.45, 2.75) is 19.3 Å². The lowest BCUT2D eigenvalue weighted by atomic mass is 10.0. The highest BCUT2D eigenvalue weighted by Gasteiger charge is 2.12. The van der Waals surface area contributed by atoms with Gasteiger partial charge in [0.2, 0.25) is 0 Å². The van der Waals surface area contributed by atoms with Crippen LogP contribution in [0, 0.1) is 11.3 Å². The lowest BCUT2D eigenvalue weighted by Crippen LogP contribution is -2.02. The minimum absolute atomic E-state index is 0.0467. The molecule has 0 aliphatic carbocycles. The second kappa shape index (κ2) is 6.14. The molecule has 0 bridgehead atoms. The molecule has 0 N–H and O–H groups in total. The Kier molecular flexibility index (Phi) is 4.81. The van der Waals surface area contributed by atoms with E-state index in [0.29, 0.717) is 35.6 Å². The molecule has 1 aromatic carbocycles. The van der Waals surface area contributed by atoms with Gasteiger partial charge in [0, 0.05) is 17.9 Å². The maximum absolute atomic E-state index is 11.8. The molecule has 0 heterocycles. The number of carbonyl (C=O) groups excluding carboxylic acids is 1. The average Bonchev–Trinajstić information content (AvgIpc) is 2.29. The van der Waals surface area contributed by atoms with Gasteiger partial charge in [0.1, 0.15) is 5.75 Å². The number of rotatable bonds is 5. The molecular weight excluding hydrogens is 226 g/mol. The number of nitrogens with zero attached hydrogens (tertiary/aromatic N) is 1. The van der Waals surface area contributed by atoms with E-state index in [9.17, 15) is 4.79 Å². The number of Topliss-reactive ketones (excluding diaryl/α,β-unsaturated/α-hetero) is 1. The molecule has 16 heavy (non-hydrogen) atoms. The average molecular weight is 238 g/mol. The standard InChI is InChI=1S/C12H12ClNO2/c1-16-12-6-5-9(13)8-10(12)11(15)4-2-3-7-14/h5-6,8H,2-4H2,1H3. The fourth-order valence-corrected chi connectivity index (χ4v) is 1.53. The number of hydrogen-bond acceptors (Lipinski definition) is 3. The van der Waals surface area contributed by atoms with Gasteiger partial charge >= 0.3 is 0 Å². The molecule has 0 aromatic heterocycles. The molecule has 0 aliphatic rings. The molecule has 0 saturated carbocycles. The van der Waals surface area contributed by atoms with E-state index in [2.05, 4.69) is 0 Å². The van der Waals surface area contributed by atoms with Crippen molar-refractivity contribution in [3.8, 4) is 11.8 Å². The summed E-state index contributed by atoms with van der Waals surface area (Å²) in [5, 5.41) is 8.89. The third-order valence-corrected chi connectivity index (χ3v) is 2.39. The number of methoxy groups -OCH3 is 1. The van der Waals surface area contributed by atoms with Crippen LogP contribution < -0.4 is 4.74 Å². The minimum atomic E-state index is -0.0467. The summed E-state index contributed by atoms with van der Waals surface area (Å²) < 4.78 is 5.08. The predicted molar refractivity (Wildman–Crippen MR) is 61.8 cm³/mol. The van der Waals surface area contributed by atoms with Gasteiger partial charge < -0.3 is 4.74 Å². The fraction of sp³-hybridized carbons (Fsp3) is 0.333. The molecule has 0 unspecified atom stereocenters. The van der Waals surface area contributed by atoms with E-state index in [1.54, 1.807) is 18.2 Å². The Morgan fingerprint density at radius 1 is 1.56 bits per heavy atom. The van der Waals surface area contributed by atoms with E-state index in [1.807, 2.05) is 6.07 Å². The van der Waals surface area contributed by atoms with Crippen molar-refractivity contribution in [1.29, 1.82) is 5.26 Å². The Labute approximate surface area is 99.6 Å². The Balaban J connectivity index is 2.81. The number of halogens is 1. The van der Waals surface area contributed by atoms with Gasteiger partial charge in [-0.2, -0.15) is 5.26 Å². The first-order chi connectivity index (χ1) is 7.69. The zero-order chi connectivity index (χ0) is 12.0. The SMILES string of the molecule is COc1ccc(Cl)cc1C(=O)CCCC#N. The number of benzene rings is 1. The van der Waals surface area contributed by atoms with Gasteiger partial charge in [-0.15, -0.1) is 0 Å². The zero-order valence-electron chi connectivity index (χ0n) is 9.00. The van der Waals surface area contributed by atoms with Gasteiger partial charge in [0.15, 0.2) is 5.78 Å². The van der Waals surface area contributed by atoms with Crippen LogP contribution in [0.15, 0.2) is 18.2 Å².